The third kappa shape index (κ3) is 3.26. The van der Waals surface area contributed by atoms with Gasteiger partial charge < -0.3 is 24.7 Å². The van der Waals surface area contributed by atoms with Gasteiger partial charge in [-0.25, -0.2) is 0 Å². The monoisotopic (exact) mass is 548 g/mol. The largest absolute Gasteiger partial charge is 0.502 e. The minimum absolute atomic E-state index is 0.0136. The molecule has 3 heterocycles. The molecular formula is C24H24N2O7S3. The quantitative estimate of drug-likeness (QED) is 0.367. The number of phenolic OH excluding ortho intramolecular Hbond substituents is 1. The molecule has 2 aliphatic carbocycles. The van der Waals surface area contributed by atoms with Crippen LogP contribution >= 0.6 is 35.3 Å². The number of hydrogen-bond donors (Lipinski definition) is 3. The predicted molar refractivity (Wildman–Crippen MR) is 133 cm³/mol. The van der Waals surface area contributed by atoms with Crippen molar-refractivity contribution < 1.29 is 34.1 Å². The second-order valence-corrected chi connectivity index (χ2v) is 12.6. The topological polar surface area (TPSA) is 129 Å². The summed E-state index contributed by atoms with van der Waals surface area (Å²) in [6.07, 6.45) is 0.526. The molecule has 36 heavy (non-hydrogen) atoms. The number of nitrogens with one attached hydrogen (secondary N) is 1. The van der Waals surface area contributed by atoms with Gasteiger partial charge in [-0.1, -0.05) is 0 Å². The van der Waals surface area contributed by atoms with Crippen molar-refractivity contribution in [1.82, 2.24) is 9.88 Å². The van der Waals surface area contributed by atoms with Gasteiger partial charge in [0.1, 0.15) is 0 Å². The van der Waals surface area contributed by atoms with Crippen LogP contribution in [0.2, 0.25) is 0 Å². The van der Waals surface area contributed by atoms with Crippen LogP contribution in [-0.2, 0) is 14.4 Å². The number of benzene rings is 1. The number of methoxy groups -OCH3 is 2. The summed E-state index contributed by atoms with van der Waals surface area (Å²) in [7, 11) is 2.97. The number of aliphatic carboxylic acids is 1. The van der Waals surface area contributed by atoms with E-state index < -0.39 is 17.8 Å². The number of rotatable bonds is 6. The van der Waals surface area contributed by atoms with E-state index in [0.717, 1.165) is 21.9 Å². The van der Waals surface area contributed by atoms with E-state index >= 15 is 0 Å². The number of imide groups is 1. The van der Waals surface area contributed by atoms with E-state index in [2.05, 4.69) is 4.98 Å². The Morgan fingerprint density at radius 1 is 1.17 bits per heavy atom. The Morgan fingerprint density at radius 3 is 2.42 bits per heavy atom. The summed E-state index contributed by atoms with van der Waals surface area (Å²) in [6.45, 7) is -0.0852. The number of carboxylic acids is 1. The molecule has 2 amide bonds. The van der Waals surface area contributed by atoms with Gasteiger partial charge in [0.15, 0.2) is 15.5 Å². The van der Waals surface area contributed by atoms with Crippen molar-refractivity contribution in [3.8, 4) is 17.2 Å². The highest BCUT2D eigenvalue weighted by Crippen LogP contribution is 2.69. The molecule has 3 fully saturated rings. The zero-order valence-electron chi connectivity index (χ0n) is 19.4. The van der Waals surface area contributed by atoms with Crippen LogP contribution in [0, 0.1) is 33.5 Å². The number of thioether (sulfide) groups is 1. The fourth-order valence-electron chi connectivity index (χ4n) is 6.97. The Morgan fingerprint density at radius 2 is 1.81 bits per heavy atom. The van der Waals surface area contributed by atoms with E-state index in [9.17, 15) is 19.5 Å². The molecule has 3 N–H and O–H groups in total. The lowest BCUT2D eigenvalue weighted by molar-refractivity contribution is -0.142. The first kappa shape index (κ1) is 23.8. The average molecular weight is 549 g/mol. The van der Waals surface area contributed by atoms with Crippen molar-refractivity contribution in [2.45, 2.75) is 29.0 Å². The Labute approximate surface area is 219 Å². The van der Waals surface area contributed by atoms with Crippen LogP contribution in [0.25, 0.3) is 0 Å². The highest BCUT2D eigenvalue weighted by Gasteiger charge is 2.69. The average Bonchev–Trinajstić information content (AvgIpc) is 3.57. The molecule has 4 aliphatic rings. The molecule has 0 radical (unpaired) electrons. The maximum atomic E-state index is 13.4. The van der Waals surface area contributed by atoms with Crippen molar-refractivity contribution in [2.75, 3.05) is 20.8 Å². The number of nitrogens with zero attached hydrogens (tertiary/aromatic N) is 1. The van der Waals surface area contributed by atoms with Crippen LogP contribution in [0.3, 0.4) is 0 Å². The van der Waals surface area contributed by atoms with Crippen LogP contribution in [0.5, 0.6) is 17.2 Å². The van der Waals surface area contributed by atoms with E-state index in [1.165, 1.54) is 30.5 Å². The Bertz CT molecular complexity index is 1330. The molecule has 2 saturated carbocycles. The van der Waals surface area contributed by atoms with Crippen LogP contribution in [-0.4, -0.2) is 63.9 Å². The molecule has 7 unspecified atom stereocenters. The van der Waals surface area contributed by atoms with Gasteiger partial charge in [0, 0.05) is 22.6 Å². The van der Waals surface area contributed by atoms with Crippen molar-refractivity contribution in [3.63, 3.8) is 0 Å². The number of aromatic amines is 1. The predicted octanol–water partition coefficient (Wildman–Crippen LogP) is 3.48. The number of likely N-dealkylation sites (tertiary alicyclic amines) is 1. The standard InChI is InChI=1S/C24H24N2O7S3/c1-32-11-5-8(6-12(33-2)18(11)29)14-15-9-7-10(19(15)35-21-20(14)36-24(34)25-21)17-16(9)22(30)26(23(17)31)4-3-13(27)28/h5-6,9-10,14-17,19,29H,3-4,7H2,1-2H3,(H,25,34)(H,27,28). The van der Waals surface area contributed by atoms with E-state index in [4.69, 9.17) is 26.8 Å². The summed E-state index contributed by atoms with van der Waals surface area (Å²) in [6, 6.07) is 3.62. The molecule has 190 valence electrons. The van der Waals surface area contributed by atoms with Crippen LogP contribution in [0.4, 0.5) is 0 Å². The lowest BCUT2D eigenvalue weighted by atomic mass is 9.68. The molecule has 9 nitrogen and oxygen atoms in total. The third-order valence-corrected chi connectivity index (χ3v) is 11.2. The zero-order valence-corrected chi connectivity index (χ0v) is 21.9. The SMILES string of the molecule is COc1cc(C2c3sc(=S)[nH]c3SC3C4CC(C5C(=O)N(CCC(=O)O)C(=O)C45)C23)cc(OC)c1O. The summed E-state index contributed by atoms with van der Waals surface area (Å²) in [5.74, 6) is -1.90. The fourth-order valence-corrected chi connectivity index (χ4v) is 10.3. The van der Waals surface area contributed by atoms with Crippen molar-refractivity contribution >= 4 is 53.1 Å². The molecule has 12 heteroatoms. The summed E-state index contributed by atoms with van der Waals surface area (Å²) in [4.78, 5) is 43.4. The number of H-pyrrole nitrogens is 1. The van der Waals surface area contributed by atoms with E-state index in [0.29, 0.717) is 15.5 Å². The Kier molecular flexibility index (Phi) is 5.61. The molecule has 2 aliphatic heterocycles. The third-order valence-electron chi connectivity index (χ3n) is 8.23. The molecule has 0 spiro atoms. The number of aromatic hydroxyl groups is 1. The normalized spacial score (nSPS) is 31.8. The van der Waals surface area contributed by atoms with Crippen LogP contribution in [0.15, 0.2) is 17.2 Å². The number of ether oxygens (including phenoxy) is 2. The lowest BCUT2D eigenvalue weighted by Crippen LogP contribution is -2.42. The van der Waals surface area contributed by atoms with Crippen molar-refractivity contribution in [3.05, 3.63) is 26.5 Å². The maximum Gasteiger partial charge on any atom is 0.305 e. The van der Waals surface area contributed by atoms with Gasteiger partial charge in [-0.2, -0.15) is 0 Å². The van der Waals surface area contributed by atoms with Crippen molar-refractivity contribution in [1.29, 1.82) is 0 Å². The smallest absolute Gasteiger partial charge is 0.305 e. The van der Waals surface area contributed by atoms with Gasteiger partial charge in [-0.05, 0) is 54.1 Å². The number of carboxylic acid groups (broad SMARTS) is 1. The first-order chi connectivity index (χ1) is 17.2. The van der Waals surface area contributed by atoms with E-state index in [-0.39, 0.29) is 59.5 Å². The second-order valence-electron chi connectivity index (χ2n) is 9.71. The number of thiazole rings is 1. The molecular weight excluding hydrogens is 524 g/mol. The minimum atomic E-state index is -1.03. The number of carbonyl (C=O) groups is 3. The minimum Gasteiger partial charge on any atom is -0.502 e. The van der Waals surface area contributed by atoms with Crippen LogP contribution in [0.1, 0.15) is 29.2 Å². The summed E-state index contributed by atoms with van der Waals surface area (Å²) < 4.78 is 11.5. The van der Waals surface area contributed by atoms with E-state index in [1.807, 2.05) is 12.1 Å². The van der Waals surface area contributed by atoms with Gasteiger partial charge in [0.25, 0.3) is 0 Å². The summed E-state index contributed by atoms with van der Waals surface area (Å²) >= 11 is 8.70. The number of amides is 2. The number of fused-ring (bicyclic) bond motifs is 9. The van der Waals surface area contributed by atoms with Gasteiger partial charge in [0.2, 0.25) is 17.6 Å². The number of carbonyl (C=O) groups excluding carboxylic acids is 2. The Hall–Kier alpha value is -2.57. The molecule has 2 bridgehead atoms. The lowest BCUT2D eigenvalue weighted by Gasteiger charge is -2.43. The van der Waals surface area contributed by atoms with Gasteiger partial charge in [-0.3, -0.25) is 19.3 Å². The molecule has 2 aromatic rings. The first-order valence-corrected chi connectivity index (χ1v) is 13.8. The zero-order chi connectivity index (χ0) is 25.5. The van der Waals surface area contributed by atoms with E-state index in [1.54, 1.807) is 11.8 Å². The molecule has 1 aromatic carbocycles. The fraction of sp³-hybridized carbons (Fsp3) is 0.500. The number of phenols is 1. The Balaban J connectivity index is 1.45. The van der Waals surface area contributed by atoms with Gasteiger partial charge in [0.05, 0.1) is 37.5 Å². The molecule has 7 atom stereocenters. The highest BCUT2D eigenvalue weighted by atomic mass is 32.2. The van der Waals surface area contributed by atoms with Gasteiger partial charge in [-0.15, -0.1) is 23.1 Å². The van der Waals surface area contributed by atoms with Crippen LogP contribution < -0.4 is 9.47 Å². The summed E-state index contributed by atoms with van der Waals surface area (Å²) in [5, 5.41) is 20.7. The molecule has 1 saturated heterocycles. The van der Waals surface area contributed by atoms with Gasteiger partial charge >= 0.3 is 5.97 Å². The maximum absolute atomic E-state index is 13.4. The number of hydrogen-bond acceptors (Lipinski definition) is 9. The highest BCUT2D eigenvalue weighted by molar-refractivity contribution is 8.00. The summed E-state index contributed by atoms with van der Waals surface area (Å²) in [5.41, 5.74) is 0.895. The first-order valence-electron chi connectivity index (χ1n) is 11.7. The number of aromatic nitrogens is 1. The second kappa shape index (κ2) is 8.49. The molecule has 1 aromatic heterocycles. The van der Waals surface area contributed by atoms with Crippen molar-refractivity contribution in [2.24, 2.45) is 29.6 Å². The molecule has 6 rings (SSSR count).